The maximum absolute atomic E-state index is 11.4. The highest BCUT2D eigenvalue weighted by molar-refractivity contribution is 7.86. The van der Waals surface area contributed by atoms with E-state index in [9.17, 15) is 25.9 Å². The van der Waals surface area contributed by atoms with Crippen molar-refractivity contribution < 1.29 is 44.9 Å². The minimum atomic E-state index is -4.39. The van der Waals surface area contributed by atoms with Crippen molar-refractivity contribution in [3.8, 4) is 0 Å². The molecule has 0 radical (unpaired) electrons. The molecule has 14 nitrogen and oxygen atoms in total. The summed E-state index contributed by atoms with van der Waals surface area (Å²) in [6.07, 6.45) is 0. The summed E-state index contributed by atoms with van der Waals surface area (Å²) in [5, 5.41) is -0.788. The molecule has 1 saturated heterocycles. The molecule has 1 aliphatic rings. The fourth-order valence-electron chi connectivity index (χ4n) is 3.80. The van der Waals surface area contributed by atoms with Gasteiger partial charge in [-0.2, -0.15) is 16.8 Å². The zero-order valence-electron chi connectivity index (χ0n) is 22.1. The molecule has 0 amide bonds. The first kappa shape index (κ1) is 32.4. The van der Waals surface area contributed by atoms with Crippen molar-refractivity contribution in [3.05, 3.63) is 47.8 Å². The Morgan fingerprint density at radius 3 is 1.20 bits per heavy atom. The molecule has 0 unspecified atom stereocenters. The maximum Gasteiger partial charge on any atom is 0.312 e. The minimum absolute atomic E-state index is 0.348. The summed E-state index contributed by atoms with van der Waals surface area (Å²) in [4.78, 5) is 12.1. The number of rotatable bonds is 6. The number of nitrogens with zero attached hydrogens (tertiary/aromatic N) is 4. The van der Waals surface area contributed by atoms with Crippen LogP contribution in [0, 0.1) is 0 Å². The van der Waals surface area contributed by atoms with E-state index >= 15 is 0 Å². The third kappa shape index (κ3) is 12.2. The van der Waals surface area contributed by atoms with Gasteiger partial charge in [0.05, 0.1) is 64.2 Å². The molecule has 1 fully saturated rings. The Bertz CT molecular complexity index is 1150. The molecule has 2 aromatic rings. The van der Waals surface area contributed by atoms with Crippen molar-refractivity contribution in [3.63, 3.8) is 0 Å². The van der Waals surface area contributed by atoms with Crippen LogP contribution in [0.1, 0.15) is 11.4 Å². The number of pyridine rings is 2. The van der Waals surface area contributed by atoms with Gasteiger partial charge in [0, 0.05) is 39.3 Å². The molecule has 40 heavy (non-hydrogen) atoms. The van der Waals surface area contributed by atoms with E-state index in [0.717, 1.165) is 0 Å². The lowest BCUT2D eigenvalue weighted by Gasteiger charge is -2.23. The molecular weight excluding hydrogens is 568 g/mol. The van der Waals surface area contributed by atoms with Crippen molar-refractivity contribution in [2.75, 3.05) is 79.0 Å². The van der Waals surface area contributed by atoms with Crippen molar-refractivity contribution in [2.45, 2.75) is 23.1 Å². The van der Waals surface area contributed by atoms with Gasteiger partial charge in [0.2, 0.25) is 0 Å². The van der Waals surface area contributed by atoms with Crippen LogP contribution >= 0.6 is 0 Å². The molecule has 1 aliphatic heterocycles. The Morgan fingerprint density at radius 1 is 0.575 bits per heavy atom. The zero-order valence-corrected chi connectivity index (χ0v) is 23.8. The zero-order chi connectivity index (χ0) is 28.8. The number of ether oxygens (including phenoxy) is 4. The molecule has 16 heteroatoms. The maximum atomic E-state index is 11.4. The lowest BCUT2D eigenvalue weighted by molar-refractivity contribution is 0.00595. The van der Waals surface area contributed by atoms with Gasteiger partial charge in [0.15, 0.2) is 10.1 Å². The first-order valence-corrected chi connectivity index (χ1v) is 15.6. The van der Waals surface area contributed by atoms with E-state index in [1.807, 2.05) is 9.80 Å². The Hall–Kier alpha value is -2.12. The van der Waals surface area contributed by atoms with Crippen molar-refractivity contribution in [1.29, 1.82) is 0 Å². The van der Waals surface area contributed by atoms with Gasteiger partial charge in [-0.1, -0.05) is 12.1 Å². The molecule has 0 bridgehead atoms. The number of hydrogen-bond donors (Lipinski definition) is 2. The molecule has 3 heterocycles. The van der Waals surface area contributed by atoms with Gasteiger partial charge in [-0.05, 0) is 24.3 Å². The average molecular weight is 605 g/mol. The van der Waals surface area contributed by atoms with Crippen molar-refractivity contribution >= 4 is 20.2 Å². The molecule has 0 aliphatic carbocycles. The summed E-state index contributed by atoms with van der Waals surface area (Å²) in [5.74, 6) is 0. The van der Waals surface area contributed by atoms with E-state index in [2.05, 4.69) is 9.97 Å². The summed E-state index contributed by atoms with van der Waals surface area (Å²) in [6, 6.07) is 8.92. The Balaban J connectivity index is 1.51. The van der Waals surface area contributed by atoms with Gasteiger partial charge in [-0.3, -0.25) is 18.9 Å². The van der Waals surface area contributed by atoms with E-state index in [1.165, 1.54) is 24.3 Å². The topological polar surface area (TPSA) is 178 Å². The van der Waals surface area contributed by atoms with E-state index in [1.54, 1.807) is 12.1 Å². The SMILES string of the molecule is O=S(=O)(O)c1cccc(CN2CCOCCOCCN(Cc3cccc(S(=O)(=O)O)n3)CCOCCOCC2)n1. The molecule has 0 saturated carbocycles. The summed E-state index contributed by atoms with van der Waals surface area (Å²) >= 11 is 0. The summed E-state index contributed by atoms with van der Waals surface area (Å²) in [5.41, 5.74) is 0.988. The van der Waals surface area contributed by atoms with Gasteiger partial charge < -0.3 is 18.9 Å². The molecular formula is C24H36N4O10S2. The van der Waals surface area contributed by atoms with Gasteiger partial charge in [0.25, 0.3) is 0 Å². The van der Waals surface area contributed by atoms with E-state index in [-0.39, 0.29) is 0 Å². The molecule has 0 spiro atoms. The van der Waals surface area contributed by atoms with Crippen LogP contribution in [0.15, 0.2) is 46.5 Å². The standard InChI is InChI=1S/C24H36N4O10S2/c29-39(30,31)23-5-1-3-21(25-23)19-27-7-11-35-15-17-37-13-9-28(10-14-38-18-16-36-12-8-27)20-22-4-2-6-24(26-22)40(32,33)34/h1-6H,7-20H2,(H,29,30,31)(H,32,33,34). The van der Waals surface area contributed by atoms with E-state index in [0.29, 0.717) is 104 Å². The predicted molar refractivity (Wildman–Crippen MR) is 142 cm³/mol. The second-order valence-electron chi connectivity index (χ2n) is 8.89. The summed E-state index contributed by atoms with van der Waals surface area (Å²) in [7, 11) is -8.78. The summed E-state index contributed by atoms with van der Waals surface area (Å²) in [6.45, 7) is 6.01. The molecule has 224 valence electrons. The van der Waals surface area contributed by atoms with Crippen LogP contribution in [0.25, 0.3) is 0 Å². The normalized spacial score (nSPS) is 19.1. The third-order valence-corrected chi connectivity index (χ3v) is 7.33. The lowest BCUT2D eigenvalue weighted by atomic mass is 10.3. The van der Waals surface area contributed by atoms with Crippen LogP contribution < -0.4 is 0 Å². The van der Waals surface area contributed by atoms with Gasteiger partial charge in [0.1, 0.15) is 0 Å². The Morgan fingerprint density at radius 2 is 0.900 bits per heavy atom. The van der Waals surface area contributed by atoms with Gasteiger partial charge >= 0.3 is 20.2 Å². The van der Waals surface area contributed by atoms with E-state index in [4.69, 9.17) is 18.9 Å². The number of hydrogen-bond acceptors (Lipinski definition) is 12. The first-order chi connectivity index (χ1) is 19.1. The van der Waals surface area contributed by atoms with Crippen LogP contribution in [0.5, 0.6) is 0 Å². The van der Waals surface area contributed by atoms with E-state index < -0.39 is 30.3 Å². The highest BCUT2D eigenvalue weighted by atomic mass is 32.2. The smallest absolute Gasteiger partial charge is 0.312 e. The van der Waals surface area contributed by atoms with Crippen LogP contribution in [-0.4, -0.2) is 125 Å². The summed E-state index contributed by atoms with van der Waals surface area (Å²) < 4.78 is 87.0. The fraction of sp³-hybridized carbons (Fsp3) is 0.583. The second-order valence-corrected chi connectivity index (χ2v) is 11.6. The largest absolute Gasteiger partial charge is 0.378 e. The molecule has 0 atom stereocenters. The average Bonchev–Trinajstić information content (AvgIpc) is 2.90. The second kappa shape index (κ2) is 16.4. The minimum Gasteiger partial charge on any atom is -0.378 e. The van der Waals surface area contributed by atoms with Crippen LogP contribution in [0.4, 0.5) is 0 Å². The van der Waals surface area contributed by atoms with Crippen LogP contribution in [-0.2, 0) is 52.3 Å². The van der Waals surface area contributed by atoms with Crippen LogP contribution in [0.3, 0.4) is 0 Å². The van der Waals surface area contributed by atoms with Crippen molar-refractivity contribution in [1.82, 2.24) is 19.8 Å². The molecule has 3 rings (SSSR count). The Labute approximate surface area is 234 Å². The lowest BCUT2D eigenvalue weighted by Crippen LogP contribution is -2.33. The van der Waals surface area contributed by atoms with Gasteiger partial charge in [-0.25, -0.2) is 9.97 Å². The molecule has 0 aromatic carbocycles. The molecule has 2 aromatic heterocycles. The first-order valence-electron chi connectivity index (χ1n) is 12.7. The fourth-order valence-corrected chi connectivity index (χ4v) is 4.76. The van der Waals surface area contributed by atoms with Gasteiger partial charge in [-0.15, -0.1) is 0 Å². The highest BCUT2D eigenvalue weighted by Gasteiger charge is 2.15. The third-order valence-electron chi connectivity index (χ3n) is 5.81. The Kier molecular flexibility index (Phi) is 13.2. The molecule has 2 N–H and O–H groups in total. The quantitative estimate of drug-likeness (QED) is 0.432. The van der Waals surface area contributed by atoms with Crippen molar-refractivity contribution in [2.24, 2.45) is 0 Å². The highest BCUT2D eigenvalue weighted by Crippen LogP contribution is 2.10. The number of aromatic nitrogens is 2. The van der Waals surface area contributed by atoms with Crippen LogP contribution in [0.2, 0.25) is 0 Å². The predicted octanol–water partition coefficient (Wildman–Crippen LogP) is 0.354. The monoisotopic (exact) mass is 604 g/mol.